The number of phenolic OH excluding ortho intramolecular Hbond substituents is 2. The van der Waals surface area contributed by atoms with Crippen LogP contribution in [0.2, 0.25) is 0 Å². The number of carbonyl (C=O) groups is 12. The lowest BCUT2D eigenvalue weighted by molar-refractivity contribution is -0.136. The molecule has 0 unspecified atom stereocenters. The molecule has 1 heterocycles. The van der Waals surface area contributed by atoms with Crippen molar-refractivity contribution < 1.29 is 72.9 Å². The number of H-pyrrole nitrogens is 1. The summed E-state index contributed by atoms with van der Waals surface area (Å²) >= 11 is 0. The minimum absolute atomic E-state index is 0.0205. The van der Waals surface area contributed by atoms with Crippen LogP contribution in [-0.2, 0) is 83.2 Å². The maximum absolute atomic E-state index is 14.5. The van der Waals surface area contributed by atoms with Crippen molar-refractivity contribution in [1.29, 1.82) is 0 Å². The molecule has 0 fully saturated rings. The molecule has 1 aromatic heterocycles. The molecular formula is C63H83N17O15. The average Bonchev–Trinajstić information content (AvgIpc) is 1.74. The Balaban J connectivity index is 1.30. The number of aliphatic hydroxyl groups excluding tert-OH is 1. The molecule has 5 rings (SSSR count). The van der Waals surface area contributed by atoms with Crippen molar-refractivity contribution in [2.45, 2.75) is 126 Å². The molecule has 0 saturated heterocycles. The highest BCUT2D eigenvalue weighted by atomic mass is 16.3. The van der Waals surface area contributed by atoms with E-state index in [0.29, 0.717) is 33.2 Å². The highest BCUT2D eigenvalue weighted by Crippen LogP contribution is 2.20. The summed E-state index contributed by atoms with van der Waals surface area (Å²) in [4.78, 5) is 170. The van der Waals surface area contributed by atoms with Crippen molar-refractivity contribution in [2.75, 3.05) is 19.7 Å². The first kappa shape index (κ1) is 74.6. The number of guanidine groups is 1. The molecule has 32 heteroatoms. The second-order valence-corrected chi connectivity index (χ2v) is 22.9. The monoisotopic (exact) mass is 1320 g/mol. The van der Waals surface area contributed by atoms with Crippen LogP contribution in [0, 0.1) is 5.92 Å². The summed E-state index contributed by atoms with van der Waals surface area (Å²) in [7, 11) is 0. The molecule has 5 aromatic rings. The topological polar surface area (TPSA) is 558 Å². The summed E-state index contributed by atoms with van der Waals surface area (Å²) in [5.74, 6) is -12.6. The third kappa shape index (κ3) is 25.1. The predicted octanol–water partition coefficient (Wildman–Crippen LogP) is -4.50. The lowest BCUT2D eigenvalue weighted by Gasteiger charge is -2.27. The van der Waals surface area contributed by atoms with E-state index in [1.807, 2.05) is 0 Å². The zero-order valence-corrected chi connectivity index (χ0v) is 52.3. The van der Waals surface area contributed by atoms with Crippen molar-refractivity contribution in [1.82, 2.24) is 52.8 Å². The van der Waals surface area contributed by atoms with E-state index < -0.39 is 151 Å². The Morgan fingerprint density at radius 1 is 0.484 bits per heavy atom. The minimum Gasteiger partial charge on any atom is -0.508 e. The number of aromatic amines is 1. The molecule has 0 aliphatic heterocycles. The molecule has 95 heavy (non-hydrogen) atoms. The molecule has 0 bridgehead atoms. The molecule has 0 spiro atoms. The van der Waals surface area contributed by atoms with E-state index >= 15 is 0 Å². The molecule has 510 valence electrons. The number of nitrogens with one attached hydrogen (secondary N) is 10. The van der Waals surface area contributed by atoms with E-state index in [1.54, 1.807) is 74.6 Å². The third-order valence-electron chi connectivity index (χ3n) is 14.7. The number of hydrogen-bond acceptors (Lipinski definition) is 17. The first-order valence-electron chi connectivity index (χ1n) is 30.2. The fraction of sp³-hybridized carbons (Fsp3) is 0.381. The SMILES string of the molecule is CC(C)C[C@H](NC(=O)CNC(=O)[C@H](Cc1ccccc1)NC(=O)[C@H](CO)NC(=O)[C@H](CC(N)=O)NC(=O)[C@H](Cc1c[nH]c2ccccc12)NC(=O)[C@H](CC(N)=O)NC(=O)[C@@H](N)Cc1ccc(O)cc1)C(=O)N[C@@H](CCCN=C(N)N)C(=O)N[C@@H](Cc1ccc(O)cc1)C(N)=O. The molecule has 0 radical (unpaired) electrons. The molecule has 4 aromatic carbocycles. The summed E-state index contributed by atoms with van der Waals surface area (Å²) in [6.45, 7) is 1.65. The van der Waals surface area contributed by atoms with E-state index in [9.17, 15) is 72.9 Å². The summed E-state index contributed by atoms with van der Waals surface area (Å²) in [5.41, 5.74) is 36.5. The smallest absolute Gasteiger partial charge is 0.245 e. The van der Waals surface area contributed by atoms with Gasteiger partial charge < -0.3 is 103 Å². The zero-order valence-electron chi connectivity index (χ0n) is 52.3. The second kappa shape index (κ2) is 36.8. The highest BCUT2D eigenvalue weighted by molar-refractivity contribution is 6.00. The Bertz CT molecular complexity index is 3530. The standard InChI is InChI=1S/C63H83N17O15/c1-33(2)23-45(58(91)74-43(13-8-22-70-63(68)69)57(90)75-44(54(67)87)25-36-16-20-39(83)21-17-36)73-53(86)31-72-56(89)46(26-34-9-4-3-5-10-34)77-62(95)50(32-81)80-61(94)49(29-52(66)85)79-59(92)47(27-37-30-71-42-12-7-6-11-40(37)42)78-60(93)48(28-51(65)84)76-55(88)41(64)24-35-14-18-38(82)19-15-35/h3-7,9-12,14-21,30,33,41,43-50,71,81-83H,8,13,22-29,31-32,64H2,1-2H3,(H2,65,84)(H2,66,85)(H2,67,87)(H,72,89)(H,73,86)(H,74,91)(H,75,90)(H,76,88)(H,77,95)(H,78,93)(H,79,92)(H,80,94)(H4,68,69,70)/t41-,43-,44-,45-,46-,47-,48-,49-,50-/m0/s1. The van der Waals surface area contributed by atoms with Crippen LogP contribution >= 0.6 is 0 Å². The van der Waals surface area contributed by atoms with Crippen molar-refractivity contribution >= 4 is 87.7 Å². The minimum atomic E-state index is -1.91. The first-order chi connectivity index (χ1) is 45.1. The summed E-state index contributed by atoms with van der Waals surface area (Å²) in [6, 6.07) is 12.8. The third-order valence-corrected chi connectivity index (χ3v) is 14.7. The Kier molecular flexibility index (Phi) is 28.9. The van der Waals surface area contributed by atoms with Gasteiger partial charge in [-0.25, -0.2) is 0 Å². The van der Waals surface area contributed by atoms with Gasteiger partial charge in [0.25, 0.3) is 0 Å². The van der Waals surface area contributed by atoms with Gasteiger partial charge in [-0.05, 0) is 84.2 Å². The number of aromatic nitrogens is 1. The Morgan fingerprint density at radius 3 is 1.49 bits per heavy atom. The lowest BCUT2D eigenvalue weighted by atomic mass is 10.0. The van der Waals surface area contributed by atoms with E-state index in [1.165, 1.54) is 48.5 Å². The number of primary amides is 3. The van der Waals surface area contributed by atoms with Crippen molar-refractivity contribution in [2.24, 2.45) is 45.3 Å². The summed E-state index contributed by atoms with van der Waals surface area (Å²) in [5, 5.41) is 52.7. The number of aliphatic hydroxyl groups is 1. The fourth-order valence-corrected chi connectivity index (χ4v) is 9.80. The van der Waals surface area contributed by atoms with E-state index in [4.69, 9.17) is 34.4 Å². The maximum atomic E-state index is 14.5. The van der Waals surface area contributed by atoms with Crippen LogP contribution in [0.15, 0.2) is 114 Å². The number of fused-ring (bicyclic) bond motifs is 1. The van der Waals surface area contributed by atoms with Gasteiger partial charge in [0.2, 0.25) is 70.9 Å². The largest absolute Gasteiger partial charge is 0.508 e. The van der Waals surface area contributed by atoms with Gasteiger partial charge in [0, 0.05) is 42.9 Å². The molecular weight excluding hydrogens is 1230 g/mol. The number of phenols is 2. The number of rotatable bonds is 38. The Labute approximate surface area is 545 Å². The lowest BCUT2D eigenvalue weighted by Crippen LogP contribution is -2.61. The number of aromatic hydroxyl groups is 2. The van der Waals surface area contributed by atoms with Crippen LogP contribution < -0.4 is 82.3 Å². The van der Waals surface area contributed by atoms with Crippen molar-refractivity contribution in [3.8, 4) is 11.5 Å². The zero-order chi connectivity index (χ0) is 69.9. The van der Waals surface area contributed by atoms with Crippen LogP contribution in [0.3, 0.4) is 0 Å². The van der Waals surface area contributed by atoms with E-state index in [0.717, 1.165) is 0 Å². The molecule has 0 aliphatic rings. The number of carbonyl (C=O) groups excluding carboxylic acids is 12. The van der Waals surface area contributed by atoms with Crippen molar-refractivity contribution in [3.05, 3.63) is 132 Å². The molecule has 9 atom stereocenters. The van der Waals surface area contributed by atoms with Crippen LogP contribution in [0.25, 0.3) is 10.9 Å². The Hall–Kier alpha value is -11.2. The predicted molar refractivity (Wildman–Crippen MR) is 345 cm³/mol. The summed E-state index contributed by atoms with van der Waals surface area (Å²) < 4.78 is 0. The normalized spacial score (nSPS) is 13.9. The first-order valence-corrected chi connectivity index (χ1v) is 30.2. The van der Waals surface area contributed by atoms with Gasteiger partial charge >= 0.3 is 0 Å². The quantitative estimate of drug-likeness (QED) is 0.0101. The van der Waals surface area contributed by atoms with Gasteiger partial charge in [-0.3, -0.25) is 62.5 Å². The molecule has 25 N–H and O–H groups in total. The number of amides is 12. The number of nitrogens with zero attached hydrogens (tertiary/aromatic N) is 1. The van der Waals surface area contributed by atoms with Crippen LogP contribution in [0.5, 0.6) is 11.5 Å². The second-order valence-electron chi connectivity index (χ2n) is 22.9. The van der Waals surface area contributed by atoms with Gasteiger partial charge in [0.15, 0.2) is 5.96 Å². The van der Waals surface area contributed by atoms with Gasteiger partial charge in [-0.1, -0.05) is 86.6 Å². The van der Waals surface area contributed by atoms with Gasteiger partial charge in [-0.2, -0.15) is 0 Å². The number of para-hydroxylation sites is 1. The molecule has 12 amide bonds. The van der Waals surface area contributed by atoms with Gasteiger partial charge in [-0.15, -0.1) is 0 Å². The van der Waals surface area contributed by atoms with Gasteiger partial charge in [0.05, 0.1) is 32.0 Å². The number of aliphatic imine (C=N–C) groups is 1. The van der Waals surface area contributed by atoms with Crippen LogP contribution in [-0.4, -0.2) is 171 Å². The van der Waals surface area contributed by atoms with Crippen molar-refractivity contribution in [3.63, 3.8) is 0 Å². The number of benzene rings is 4. The number of hydrogen-bond donors (Lipinski definition) is 19. The summed E-state index contributed by atoms with van der Waals surface area (Å²) in [6.07, 6.45) is -0.685. The van der Waals surface area contributed by atoms with E-state index in [-0.39, 0.29) is 74.9 Å². The Morgan fingerprint density at radius 2 is 0.937 bits per heavy atom. The molecule has 0 saturated carbocycles. The maximum Gasteiger partial charge on any atom is 0.245 e. The number of nitrogens with two attached hydrogens (primary N) is 6. The molecule has 32 nitrogen and oxygen atoms in total. The van der Waals surface area contributed by atoms with Gasteiger partial charge in [0.1, 0.15) is 59.8 Å². The highest BCUT2D eigenvalue weighted by Gasteiger charge is 2.36. The fourth-order valence-electron chi connectivity index (χ4n) is 9.80. The molecule has 0 aliphatic carbocycles. The van der Waals surface area contributed by atoms with Crippen LogP contribution in [0.1, 0.15) is 68.2 Å². The average molecular weight is 1320 g/mol. The van der Waals surface area contributed by atoms with E-state index in [2.05, 4.69) is 57.8 Å². The van der Waals surface area contributed by atoms with Crippen LogP contribution in [0.4, 0.5) is 0 Å².